The maximum atomic E-state index is 11.2. The van der Waals surface area contributed by atoms with E-state index in [1.165, 1.54) is 0 Å². The average Bonchev–Trinajstić information content (AvgIpc) is 3.13. The van der Waals surface area contributed by atoms with Crippen molar-refractivity contribution in [3.05, 3.63) is 70.5 Å². The van der Waals surface area contributed by atoms with Crippen LogP contribution in [0.5, 0.6) is 0 Å². The molecule has 0 spiro atoms. The van der Waals surface area contributed by atoms with E-state index in [0.29, 0.717) is 29.2 Å². The predicted molar refractivity (Wildman–Crippen MR) is 79.4 cm³/mol. The van der Waals surface area contributed by atoms with Crippen molar-refractivity contribution in [2.45, 2.75) is 6.42 Å². The lowest BCUT2D eigenvalue weighted by Gasteiger charge is -1.96. The second-order valence-electron chi connectivity index (χ2n) is 4.90. The van der Waals surface area contributed by atoms with Crippen LogP contribution < -0.4 is 5.76 Å². The van der Waals surface area contributed by atoms with Gasteiger partial charge in [0, 0.05) is 5.56 Å². The number of oxazole rings is 1. The highest BCUT2D eigenvalue weighted by atomic mass is 16.5. The fourth-order valence-corrected chi connectivity index (χ4v) is 2.31. The molecule has 4 aromatic rings. The van der Waals surface area contributed by atoms with Gasteiger partial charge in [-0.2, -0.15) is 4.98 Å². The smallest absolute Gasteiger partial charge is 0.408 e. The number of nitrogens with one attached hydrogen (secondary N) is 1. The Bertz CT molecular complexity index is 982. The van der Waals surface area contributed by atoms with Gasteiger partial charge in [-0.3, -0.25) is 4.98 Å². The SMILES string of the molecule is O=c1[nH]c2cc(Cc3nc(-c4ccccc4)no3)ccc2o1. The number of aromatic amines is 1. The number of aromatic nitrogens is 3. The number of rotatable bonds is 3. The fourth-order valence-electron chi connectivity index (χ4n) is 2.31. The van der Waals surface area contributed by atoms with E-state index >= 15 is 0 Å². The molecule has 0 saturated heterocycles. The number of H-pyrrole nitrogens is 1. The van der Waals surface area contributed by atoms with Gasteiger partial charge in [0.2, 0.25) is 11.7 Å². The molecule has 0 saturated carbocycles. The van der Waals surface area contributed by atoms with Crippen LogP contribution in [0.25, 0.3) is 22.5 Å². The van der Waals surface area contributed by atoms with Gasteiger partial charge in [0.15, 0.2) is 5.58 Å². The van der Waals surface area contributed by atoms with Gasteiger partial charge in [0.1, 0.15) is 0 Å². The van der Waals surface area contributed by atoms with Crippen molar-refractivity contribution in [1.29, 1.82) is 0 Å². The van der Waals surface area contributed by atoms with Gasteiger partial charge < -0.3 is 8.94 Å². The molecule has 0 aliphatic carbocycles. The quantitative estimate of drug-likeness (QED) is 0.627. The Labute approximate surface area is 124 Å². The molecule has 4 rings (SSSR count). The molecule has 2 heterocycles. The molecule has 0 fully saturated rings. The highest BCUT2D eigenvalue weighted by Crippen LogP contribution is 2.18. The summed E-state index contributed by atoms with van der Waals surface area (Å²) in [5.74, 6) is 0.619. The molecule has 0 unspecified atom stereocenters. The van der Waals surface area contributed by atoms with Crippen LogP contribution in [0, 0.1) is 0 Å². The first-order valence-corrected chi connectivity index (χ1v) is 6.78. The maximum Gasteiger partial charge on any atom is 0.417 e. The Balaban J connectivity index is 1.62. The average molecular weight is 293 g/mol. The van der Waals surface area contributed by atoms with Gasteiger partial charge in [-0.25, -0.2) is 4.79 Å². The molecule has 0 aliphatic rings. The predicted octanol–water partition coefficient (Wildman–Crippen LogP) is 2.76. The summed E-state index contributed by atoms with van der Waals surface area (Å²) in [6.45, 7) is 0. The van der Waals surface area contributed by atoms with Gasteiger partial charge in [0.25, 0.3) is 0 Å². The lowest BCUT2D eigenvalue weighted by Crippen LogP contribution is -1.93. The zero-order chi connectivity index (χ0) is 14.9. The first-order valence-electron chi connectivity index (χ1n) is 6.78. The second kappa shape index (κ2) is 5.00. The van der Waals surface area contributed by atoms with Crippen molar-refractivity contribution in [3.63, 3.8) is 0 Å². The normalized spacial score (nSPS) is 11.1. The van der Waals surface area contributed by atoms with Crippen LogP contribution in [-0.4, -0.2) is 15.1 Å². The largest absolute Gasteiger partial charge is 0.417 e. The Morgan fingerprint density at radius 3 is 2.82 bits per heavy atom. The minimum Gasteiger partial charge on any atom is -0.408 e. The standard InChI is InChI=1S/C16H11N3O3/c20-16-17-12-8-10(6-7-13(12)21-16)9-14-18-15(19-22-14)11-4-2-1-3-5-11/h1-8H,9H2,(H,17,20). The summed E-state index contributed by atoms with van der Waals surface area (Å²) in [7, 11) is 0. The van der Waals surface area contributed by atoms with Gasteiger partial charge in [0.05, 0.1) is 11.9 Å². The first kappa shape index (κ1) is 12.6. The zero-order valence-electron chi connectivity index (χ0n) is 11.4. The molecule has 22 heavy (non-hydrogen) atoms. The van der Waals surface area contributed by atoms with Crippen LogP contribution in [0.2, 0.25) is 0 Å². The third-order valence-electron chi connectivity index (χ3n) is 3.34. The molecule has 6 heteroatoms. The van der Waals surface area contributed by atoms with E-state index in [1.54, 1.807) is 6.07 Å². The second-order valence-corrected chi connectivity index (χ2v) is 4.90. The van der Waals surface area contributed by atoms with Crippen molar-refractivity contribution >= 4 is 11.1 Å². The van der Waals surface area contributed by atoms with Crippen molar-refractivity contribution in [3.8, 4) is 11.4 Å². The van der Waals surface area contributed by atoms with Crippen LogP contribution in [0.3, 0.4) is 0 Å². The molecular weight excluding hydrogens is 282 g/mol. The molecular formula is C16H11N3O3. The lowest BCUT2D eigenvalue weighted by atomic mass is 10.1. The van der Waals surface area contributed by atoms with Crippen molar-refractivity contribution in [1.82, 2.24) is 15.1 Å². The van der Waals surface area contributed by atoms with Crippen molar-refractivity contribution in [2.24, 2.45) is 0 Å². The van der Waals surface area contributed by atoms with Crippen LogP contribution in [0.1, 0.15) is 11.5 Å². The summed E-state index contributed by atoms with van der Waals surface area (Å²) in [5, 5.41) is 3.99. The Morgan fingerprint density at radius 1 is 1.09 bits per heavy atom. The summed E-state index contributed by atoms with van der Waals surface area (Å²) in [6, 6.07) is 15.1. The molecule has 0 atom stereocenters. The molecule has 1 N–H and O–H groups in total. The van der Waals surface area contributed by atoms with Gasteiger partial charge in [-0.05, 0) is 17.7 Å². The number of hydrogen-bond donors (Lipinski definition) is 1. The molecule has 0 bridgehead atoms. The molecule has 6 nitrogen and oxygen atoms in total. The first-order chi connectivity index (χ1) is 10.8. The highest BCUT2D eigenvalue weighted by molar-refractivity contribution is 5.72. The fraction of sp³-hybridized carbons (Fsp3) is 0.0625. The van der Waals surface area contributed by atoms with E-state index in [4.69, 9.17) is 8.94 Å². The molecule has 0 amide bonds. The van der Waals surface area contributed by atoms with E-state index < -0.39 is 5.76 Å². The van der Waals surface area contributed by atoms with Crippen LogP contribution in [-0.2, 0) is 6.42 Å². The Kier molecular flexibility index (Phi) is 2.86. The van der Waals surface area contributed by atoms with Crippen LogP contribution in [0.15, 0.2) is 62.3 Å². The summed E-state index contributed by atoms with van der Waals surface area (Å²) in [5.41, 5.74) is 3.05. The summed E-state index contributed by atoms with van der Waals surface area (Å²) < 4.78 is 10.3. The molecule has 108 valence electrons. The zero-order valence-corrected chi connectivity index (χ0v) is 11.4. The van der Waals surface area contributed by atoms with E-state index in [2.05, 4.69) is 15.1 Å². The van der Waals surface area contributed by atoms with E-state index in [0.717, 1.165) is 11.1 Å². The van der Waals surface area contributed by atoms with Crippen LogP contribution >= 0.6 is 0 Å². The minimum atomic E-state index is -0.462. The monoisotopic (exact) mass is 293 g/mol. The summed E-state index contributed by atoms with van der Waals surface area (Å²) >= 11 is 0. The number of fused-ring (bicyclic) bond motifs is 1. The van der Waals surface area contributed by atoms with Crippen LogP contribution in [0.4, 0.5) is 0 Å². The van der Waals surface area contributed by atoms with Crippen molar-refractivity contribution < 1.29 is 8.94 Å². The Hall–Kier alpha value is -3.15. The number of hydrogen-bond acceptors (Lipinski definition) is 5. The van der Waals surface area contributed by atoms with Crippen molar-refractivity contribution in [2.75, 3.05) is 0 Å². The third kappa shape index (κ3) is 2.31. The highest BCUT2D eigenvalue weighted by Gasteiger charge is 2.10. The topological polar surface area (TPSA) is 84.9 Å². The lowest BCUT2D eigenvalue weighted by molar-refractivity contribution is 0.386. The molecule has 2 aromatic heterocycles. The van der Waals surface area contributed by atoms with Gasteiger partial charge >= 0.3 is 5.76 Å². The molecule has 0 aliphatic heterocycles. The number of nitrogens with zero attached hydrogens (tertiary/aromatic N) is 2. The number of benzene rings is 2. The summed E-state index contributed by atoms with van der Waals surface area (Å²) in [6.07, 6.45) is 0.489. The van der Waals surface area contributed by atoms with E-state index in [9.17, 15) is 4.79 Å². The molecule has 2 aromatic carbocycles. The molecule has 0 radical (unpaired) electrons. The maximum absolute atomic E-state index is 11.2. The minimum absolute atomic E-state index is 0.462. The van der Waals surface area contributed by atoms with E-state index in [1.807, 2.05) is 42.5 Å². The third-order valence-corrected chi connectivity index (χ3v) is 3.34. The van der Waals surface area contributed by atoms with E-state index in [-0.39, 0.29) is 0 Å². The van der Waals surface area contributed by atoms with Gasteiger partial charge in [-0.1, -0.05) is 41.6 Å². The Morgan fingerprint density at radius 2 is 1.95 bits per heavy atom. The summed E-state index contributed by atoms with van der Waals surface area (Å²) in [4.78, 5) is 18.2. The van der Waals surface area contributed by atoms with Gasteiger partial charge in [-0.15, -0.1) is 0 Å².